The van der Waals surface area contributed by atoms with Gasteiger partial charge in [0.05, 0.1) is 0 Å². The second-order valence-corrected chi connectivity index (χ2v) is 12.4. The largest absolute Gasteiger partial charge is 0.0619 e. The SMILES string of the molecule is CC1(C)c2ccccc2-c2c(-c3c4ccccc4c(-c4cc5ccccc5c5ccccc45)c4ccccc34)cccc21. The lowest BCUT2D eigenvalue weighted by Crippen LogP contribution is -2.14. The van der Waals surface area contributed by atoms with E-state index in [1.54, 1.807) is 0 Å². The summed E-state index contributed by atoms with van der Waals surface area (Å²) in [7, 11) is 0. The predicted octanol–water partition coefficient (Wildman–Crippen LogP) is 11.9. The Hall–Kier alpha value is -5.20. The first kappa shape index (κ1) is 24.4. The number of hydrogen-bond acceptors (Lipinski definition) is 0. The smallest absolute Gasteiger partial charge is 0.0159 e. The van der Waals surface area contributed by atoms with Crippen LogP contribution in [0.1, 0.15) is 25.0 Å². The van der Waals surface area contributed by atoms with Crippen LogP contribution in [0.3, 0.4) is 0 Å². The zero-order chi connectivity index (χ0) is 28.7. The molecule has 0 heterocycles. The van der Waals surface area contributed by atoms with Crippen molar-refractivity contribution in [3.05, 3.63) is 157 Å². The molecule has 8 aromatic carbocycles. The van der Waals surface area contributed by atoms with Gasteiger partial charge < -0.3 is 0 Å². The van der Waals surface area contributed by atoms with Crippen molar-refractivity contribution in [2.45, 2.75) is 19.3 Å². The quantitative estimate of drug-likeness (QED) is 0.149. The Labute approximate surface area is 251 Å². The molecule has 1 aliphatic carbocycles. The molecule has 0 aromatic heterocycles. The molecule has 0 spiro atoms. The van der Waals surface area contributed by atoms with Crippen LogP contribution in [0.2, 0.25) is 0 Å². The lowest BCUT2D eigenvalue weighted by molar-refractivity contribution is 0.660. The van der Waals surface area contributed by atoms with Crippen LogP contribution in [0.25, 0.3) is 76.5 Å². The van der Waals surface area contributed by atoms with Crippen LogP contribution in [0, 0.1) is 0 Å². The third-order valence-corrected chi connectivity index (χ3v) is 9.85. The van der Waals surface area contributed by atoms with E-state index >= 15 is 0 Å². The first-order valence-corrected chi connectivity index (χ1v) is 15.2. The molecule has 0 N–H and O–H groups in total. The van der Waals surface area contributed by atoms with E-state index in [1.165, 1.54) is 87.6 Å². The summed E-state index contributed by atoms with van der Waals surface area (Å²) in [6.07, 6.45) is 0. The molecule has 0 radical (unpaired) electrons. The third-order valence-electron chi connectivity index (χ3n) is 9.85. The van der Waals surface area contributed by atoms with E-state index in [9.17, 15) is 0 Å². The first-order chi connectivity index (χ1) is 21.1. The average Bonchev–Trinajstić information content (AvgIpc) is 3.30. The van der Waals surface area contributed by atoms with Gasteiger partial charge in [-0.15, -0.1) is 0 Å². The van der Waals surface area contributed by atoms with Crippen molar-refractivity contribution < 1.29 is 0 Å². The van der Waals surface area contributed by atoms with Crippen LogP contribution in [0.5, 0.6) is 0 Å². The van der Waals surface area contributed by atoms with E-state index in [2.05, 4.69) is 159 Å². The zero-order valence-corrected chi connectivity index (χ0v) is 24.4. The van der Waals surface area contributed by atoms with Gasteiger partial charge in [-0.3, -0.25) is 0 Å². The Morgan fingerprint density at radius 2 is 0.791 bits per heavy atom. The molecule has 9 rings (SSSR count). The first-order valence-electron chi connectivity index (χ1n) is 15.2. The summed E-state index contributed by atoms with van der Waals surface area (Å²) in [4.78, 5) is 0. The van der Waals surface area contributed by atoms with Gasteiger partial charge >= 0.3 is 0 Å². The molecule has 0 unspecified atom stereocenters. The van der Waals surface area contributed by atoms with Crippen LogP contribution >= 0.6 is 0 Å². The number of benzene rings is 8. The van der Waals surface area contributed by atoms with Gasteiger partial charge in [0.15, 0.2) is 0 Å². The fourth-order valence-corrected chi connectivity index (χ4v) is 7.93. The normalized spacial score (nSPS) is 13.5. The van der Waals surface area contributed by atoms with E-state index in [4.69, 9.17) is 0 Å². The summed E-state index contributed by atoms with van der Waals surface area (Å²) in [5.74, 6) is 0. The Morgan fingerprint density at radius 1 is 0.326 bits per heavy atom. The van der Waals surface area contributed by atoms with Gasteiger partial charge in [-0.2, -0.15) is 0 Å². The topological polar surface area (TPSA) is 0 Å². The molecular weight excluding hydrogens is 516 g/mol. The van der Waals surface area contributed by atoms with Crippen LogP contribution in [-0.2, 0) is 5.41 Å². The molecule has 0 nitrogen and oxygen atoms in total. The van der Waals surface area contributed by atoms with E-state index in [1.807, 2.05) is 0 Å². The summed E-state index contributed by atoms with van der Waals surface area (Å²) in [5.41, 5.74) is 10.7. The zero-order valence-electron chi connectivity index (χ0n) is 24.4. The minimum Gasteiger partial charge on any atom is -0.0619 e. The summed E-state index contributed by atoms with van der Waals surface area (Å²) < 4.78 is 0. The molecule has 0 bridgehead atoms. The monoisotopic (exact) mass is 546 g/mol. The molecule has 0 atom stereocenters. The van der Waals surface area contributed by atoms with Crippen molar-refractivity contribution in [1.82, 2.24) is 0 Å². The van der Waals surface area contributed by atoms with Gasteiger partial charge in [-0.1, -0.05) is 153 Å². The van der Waals surface area contributed by atoms with Crippen molar-refractivity contribution in [3.63, 3.8) is 0 Å². The highest BCUT2D eigenvalue weighted by Gasteiger charge is 2.37. The third kappa shape index (κ3) is 3.32. The van der Waals surface area contributed by atoms with Crippen molar-refractivity contribution >= 4 is 43.1 Å². The fraction of sp³-hybridized carbons (Fsp3) is 0.0698. The van der Waals surface area contributed by atoms with Gasteiger partial charge in [0.25, 0.3) is 0 Å². The molecule has 0 saturated carbocycles. The Morgan fingerprint density at radius 3 is 1.47 bits per heavy atom. The Balaban J connectivity index is 1.46. The molecule has 0 heteroatoms. The highest BCUT2D eigenvalue weighted by atomic mass is 14.4. The minimum absolute atomic E-state index is 0.0442. The summed E-state index contributed by atoms with van der Waals surface area (Å²) in [6, 6.07) is 54.1. The second kappa shape index (κ2) is 8.90. The van der Waals surface area contributed by atoms with Crippen LogP contribution < -0.4 is 0 Å². The van der Waals surface area contributed by atoms with E-state index in [0.717, 1.165) is 0 Å². The van der Waals surface area contributed by atoms with Gasteiger partial charge in [-0.05, 0) is 93.7 Å². The van der Waals surface area contributed by atoms with E-state index < -0.39 is 0 Å². The second-order valence-electron chi connectivity index (χ2n) is 12.4. The average molecular weight is 547 g/mol. The van der Waals surface area contributed by atoms with Crippen molar-refractivity contribution in [3.8, 4) is 33.4 Å². The van der Waals surface area contributed by atoms with Gasteiger partial charge in [0, 0.05) is 5.41 Å². The number of fused-ring (bicyclic) bond motifs is 8. The standard InChI is InChI=1S/C43H30/c1-43(2)38-24-12-11-22-35(38)42-36(23-13-25-39(42)43)40-31-18-7-9-20-33(31)41(34-21-10-8-19-32(34)40)37-26-27-14-3-4-15-28(27)29-16-5-6-17-30(29)37/h3-26H,1-2H3. The maximum absolute atomic E-state index is 2.41. The Kier molecular flexibility index (Phi) is 5.05. The minimum atomic E-state index is -0.0442. The maximum Gasteiger partial charge on any atom is 0.0159 e. The highest BCUT2D eigenvalue weighted by molar-refractivity contribution is 6.26. The molecule has 0 saturated heterocycles. The molecule has 0 aliphatic heterocycles. The van der Waals surface area contributed by atoms with E-state index in [-0.39, 0.29) is 5.41 Å². The van der Waals surface area contributed by atoms with E-state index in [0.29, 0.717) is 0 Å². The van der Waals surface area contributed by atoms with Crippen molar-refractivity contribution in [2.75, 3.05) is 0 Å². The van der Waals surface area contributed by atoms with Crippen LogP contribution in [-0.4, -0.2) is 0 Å². The predicted molar refractivity (Wildman–Crippen MR) is 185 cm³/mol. The fourth-order valence-electron chi connectivity index (χ4n) is 7.93. The summed E-state index contributed by atoms with van der Waals surface area (Å²) in [5, 5.41) is 10.3. The lowest BCUT2D eigenvalue weighted by atomic mass is 9.80. The van der Waals surface area contributed by atoms with Crippen molar-refractivity contribution in [2.24, 2.45) is 0 Å². The van der Waals surface area contributed by atoms with Crippen LogP contribution in [0.15, 0.2) is 146 Å². The Bertz CT molecular complexity index is 2360. The van der Waals surface area contributed by atoms with Crippen molar-refractivity contribution in [1.29, 1.82) is 0 Å². The molecule has 43 heavy (non-hydrogen) atoms. The molecule has 1 aliphatic rings. The maximum atomic E-state index is 2.41. The van der Waals surface area contributed by atoms with Crippen LogP contribution in [0.4, 0.5) is 0 Å². The van der Waals surface area contributed by atoms with Gasteiger partial charge in [0.1, 0.15) is 0 Å². The van der Waals surface area contributed by atoms with Gasteiger partial charge in [0.2, 0.25) is 0 Å². The highest BCUT2D eigenvalue weighted by Crippen LogP contribution is 2.54. The number of hydrogen-bond donors (Lipinski definition) is 0. The lowest BCUT2D eigenvalue weighted by Gasteiger charge is -2.23. The summed E-state index contributed by atoms with van der Waals surface area (Å²) in [6.45, 7) is 4.73. The number of rotatable bonds is 2. The molecular formula is C43H30. The molecule has 8 aromatic rings. The molecule has 0 amide bonds. The molecule has 0 fully saturated rings. The van der Waals surface area contributed by atoms with Gasteiger partial charge in [-0.25, -0.2) is 0 Å². The summed E-state index contributed by atoms with van der Waals surface area (Å²) >= 11 is 0. The molecule has 202 valence electrons.